The Bertz CT molecular complexity index is 1270. The predicted molar refractivity (Wildman–Crippen MR) is 132 cm³/mol. The molecule has 4 rings (SSSR count). The van der Waals surface area contributed by atoms with Gasteiger partial charge >= 0.3 is 0 Å². The zero-order chi connectivity index (χ0) is 24.9. The van der Waals surface area contributed by atoms with Crippen molar-refractivity contribution in [3.05, 3.63) is 54.6 Å². The number of para-hydroxylation sites is 1. The number of nitrogens with zero attached hydrogens (tertiary/aromatic N) is 3. The topological polar surface area (TPSA) is 86.1 Å². The zero-order valence-corrected chi connectivity index (χ0v) is 20.5. The third-order valence-electron chi connectivity index (χ3n) is 5.45. The minimum atomic E-state index is 0.469. The molecule has 1 aromatic heterocycles. The molecule has 1 heterocycles. The molecule has 0 N–H and O–H groups in total. The van der Waals surface area contributed by atoms with Crippen molar-refractivity contribution >= 4 is 0 Å². The van der Waals surface area contributed by atoms with Gasteiger partial charge in [-0.2, -0.15) is 0 Å². The summed E-state index contributed by atoms with van der Waals surface area (Å²) in [5, 5.41) is 4.83. The smallest absolute Gasteiger partial charge is 0.203 e. The number of ether oxygens (including phenoxy) is 6. The van der Waals surface area contributed by atoms with Crippen LogP contribution < -0.4 is 28.4 Å². The van der Waals surface area contributed by atoms with Gasteiger partial charge in [-0.25, -0.2) is 9.67 Å². The molecule has 0 bridgehead atoms. The number of benzene rings is 3. The van der Waals surface area contributed by atoms with E-state index in [1.807, 2.05) is 54.6 Å². The standard InChI is InChI=1S/C26H27N3O6/c1-30-19-12-16(13-20(31-2)23(19)34-5)25-27-26(29(28-25)18-10-8-7-9-11-18)17-14-21(32-3)24(35-6)22(15-17)33-4/h7-15H,1-6H3. The van der Waals surface area contributed by atoms with Crippen LogP contribution in [0.25, 0.3) is 28.5 Å². The number of rotatable bonds is 9. The van der Waals surface area contributed by atoms with Gasteiger partial charge in [-0.1, -0.05) is 18.2 Å². The number of methoxy groups -OCH3 is 6. The first kappa shape index (κ1) is 23.7. The molecule has 35 heavy (non-hydrogen) atoms. The molecule has 0 spiro atoms. The Hall–Kier alpha value is -4.40. The van der Waals surface area contributed by atoms with E-state index in [0.29, 0.717) is 51.7 Å². The van der Waals surface area contributed by atoms with Gasteiger partial charge in [-0.05, 0) is 36.4 Å². The number of hydrogen-bond acceptors (Lipinski definition) is 8. The van der Waals surface area contributed by atoms with Crippen molar-refractivity contribution in [2.24, 2.45) is 0 Å². The lowest BCUT2D eigenvalue weighted by Crippen LogP contribution is -2.01. The van der Waals surface area contributed by atoms with Crippen LogP contribution in [-0.4, -0.2) is 57.4 Å². The minimum absolute atomic E-state index is 0.469. The van der Waals surface area contributed by atoms with Gasteiger partial charge in [0.1, 0.15) is 0 Å². The van der Waals surface area contributed by atoms with Crippen LogP contribution in [0.1, 0.15) is 0 Å². The lowest BCUT2D eigenvalue weighted by atomic mass is 10.1. The number of aromatic nitrogens is 3. The Morgan fingerprint density at radius 3 is 1.46 bits per heavy atom. The van der Waals surface area contributed by atoms with Gasteiger partial charge in [0.2, 0.25) is 11.5 Å². The van der Waals surface area contributed by atoms with Gasteiger partial charge in [0.05, 0.1) is 48.3 Å². The summed E-state index contributed by atoms with van der Waals surface area (Å²) in [6.45, 7) is 0. The van der Waals surface area contributed by atoms with Gasteiger partial charge in [0, 0.05) is 11.1 Å². The molecular formula is C26H27N3O6. The highest BCUT2D eigenvalue weighted by molar-refractivity contribution is 5.72. The molecule has 9 heteroatoms. The largest absolute Gasteiger partial charge is 0.493 e. The van der Waals surface area contributed by atoms with E-state index in [0.717, 1.165) is 11.3 Å². The van der Waals surface area contributed by atoms with Crippen LogP contribution in [0.15, 0.2) is 54.6 Å². The molecule has 4 aromatic rings. The quantitative estimate of drug-likeness (QED) is 0.344. The fraction of sp³-hybridized carbons (Fsp3) is 0.231. The van der Waals surface area contributed by atoms with Crippen molar-refractivity contribution in [2.45, 2.75) is 0 Å². The van der Waals surface area contributed by atoms with Crippen LogP contribution >= 0.6 is 0 Å². The lowest BCUT2D eigenvalue weighted by Gasteiger charge is -2.14. The molecule has 9 nitrogen and oxygen atoms in total. The van der Waals surface area contributed by atoms with E-state index in [9.17, 15) is 0 Å². The molecule has 0 aliphatic carbocycles. The van der Waals surface area contributed by atoms with Gasteiger partial charge in [0.25, 0.3) is 0 Å². The van der Waals surface area contributed by atoms with Crippen molar-refractivity contribution in [2.75, 3.05) is 42.7 Å². The second-order valence-corrected chi connectivity index (χ2v) is 7.33. The summed E-state index contributed by atoms with van der Waals surface area (Å²) in [4.78, 5) is 4.89. The first-order valence-corrected chi connectivity index (χ1v) is 10.7. The summed E-state index contributed by atoms with van der Waals surface area (Å²) in [7, 11) is 9.41. The van der Waals surface area contributed by atoms with E-state index < -0.39 is 0 Å². The Morgan fingerprint density at radius 2 is 1.03 bits per heavy atom. The summed E-state index contributed by atoms with van der Waals surface area (Å²) in [5.41, 5.74) is 2.26. The monoisotopic (exact) mass is 477 g/mol. The number of hydrogen-bond donors (Lipinski definition) is 0. The molecular weight excluding hydrogens is 450 g/mol. The molecule has 0 fully saturated rings. The van der Waals surface area contributed by atoms with Gasteiger partial charge in [-0.3, -0.25) is 0 Å². The fourth-order valence-corrected chi connectivity index (χ4v) is 3.79. The van der Waals surface area contributed by atoms with Crippen LogP contribution in [0, 0.1) is 0 Å². The van der Waals surface area contributed by atoms with E-state index >= 15 is 0 Å². The van der Waals surface area contributed by atoms with Gasteiger partial charge in [0.15, 0.2) is 34.6 Å². The molecule has 182 valence electrons. The van der Waals surface area contributed by atoms with E-state index in [2.05, 4.69) is 0 Å². The molecule has 0 aliphatic heterocycles. The van der Waals surface area contributed by atoms with Crippen LogP contribution in [-0.2, 0) is 0 Å². The average Bonchev–Trinajstić information content (AvgIpc) is 3.37. The SMILES string of the molecule is COc1cc(-c2nc(-c3cc(OC)c(OC)c(OC)c3)n(-c3ccccc3)n2)cc(OC)c1OC. The Balaban J connectivity index is 1.96. The highest BCUT2D eigenvalue weighted by Gasteiger charge is 2.22. The normalized spacial score (nSPS) is 10.6. The molecule has 0 amide bonds. The van der Waals surface area contributed by atoms with E-state index in [1.165, 1.54) is 0 Å². The summed E-state index contributed by atoms with van der Waals surface area (Å²) in [5.74, 6) is 4.08. The van der Waals surface area contributed by atoms with Crippen molar-refractivity contribution in [1.29, 1.82) is 0 Å². The van der Waals surface area contributed by atoms with E-state index in [-0.39, 0.29) is 0 Å². The summed E-state index contributed by atoms with van der Waals surface area (Å²) in [6.07, 6.45) is 0. The van der Waals surface area contributed by atoms with E-state index in [4.69, 9.17) is 38.5 Å². The third-order valence-corrected chi connectivity index (χ3v) is 5.45. The van der Waals surface area contributed by atoms with Crippen molar-refractivity contribution in [1.82, 2.24) is 14.8 Å². The predicted octanol–water partition coefficient (Wildman–Crippen LogP) is 4.65. The van der Waals surface area contributed by atoms with Gasteiger partial charge < -0.3 is 28.4 Å². The maximum absolute atomic E-state index is 5.55. The maximum Gasteiger partial charge on any atom is 0.203 e. The highest BCUT2D eigenvalue weighted by Crippen LogP contribution is 2.43. The van der Waals surface area contributed by atoms with E-state index in [1.54, 1.807) is 47.3 Å². The summed E-state index contributed by atoms with van der Waals surface area (Å²) in [6, 6.07) is 17.0. The van der Waals surface area contributed by atoms with Crippen molar-refractivity contribution in [3.63, 3.8) is 0 Å². The highest BCUT2D eigenvalue weighted by atomic mass is 16.5. The Kier molecular flexibility index (Phi) is 6.96. The van der Waals surface area contributed by atoms with Crippen molar-refractivity contribution < 1.29 is 28.4 Å². The summed E-state index contributed by atoms with van der Waals surface area (Å²) < 4.78 is 34.8. The second kappa shape index (κ2) is 10.3. The molecule has 0 saturated heterocycles. The molecule has 0 unspecified atom stereocenters. The zero-order valence-electron chi connectivity index (χ0n) is 20.5. The Morgan fingerprint density at radius 1 is 0.571 bits per heavy atom. The van der Waals surface area contributed by atoms with Crippen molar-refractivity contribution in [3.8, 4) is 63.0 Å². The minimum Gasteiger partial charge on any atom is -0.493 e. The molecule has 0 radical (unpaired) electrons. The Labute approximate surface area is 203 Å². The lowest BCUT2D eigenvalue weighted by molar-refractivity contribution is 0.324. The maximum atomic E-state index is 5.55. The molecule has 0 atom stereocenters. The molecule has 3 aromatic carbocycles. The third kappa shape index (κ3) is 4.40. The van der Waals surface area contributed by atoms with Gasteiger partial charge in [-0.15, -0.1) is 5.10 Å². The molecule has 0 aliphatic rings. The average molecular weight is 478 g/mol. The second-order valence-electron chi connectivity index (χ2n) is 7.33. The fourth-order valence-electron chi connectivity index (χ4n) is 3.79. The van der Waals surface area contributed by atoms with Crippen LogP contribution in [0.5, 0.6) is 34.5 Å². The molecule has 0 saturated carbocycles. The van der Waals surface area contributed by atoms with Crippen LogP contribution in [0.2, 0.25) is 0 Å². The van der Waals surface area contributed by atoms with Crippen LogP contribution in [0.4, 0.5) is 0 Å². The first-order valence-electron chi connectivity index (χ1n) is 10.7. The van der Waals surface area contributed by atoms with Crippen LogP contribution in [0.3, 0.4) is 0 Å². The summed E-state index contributed by atoms with van der Waals surface area (Å²) >= 11 is 0. The first-order chi connectivity index (χ1) is 17.1.